The Morgan fingerprint density at radius 2 is 2.30 bits per heavy atom. The first-order chi connectivity index (χ1) is 9.66. The first-order valence-electron chi connectivity index (χ1n) is 7.14. The number of nitrogens with one attached hydrogen (secondary N) is 2. The lowest BCUT2D eigenvalue weighted by Crippen LogP contribution is -2.52. The van der Waals surface area contributed by atoms with Crippen LogP contribution in [0.1, 0.15) is 19.8 Å². The smallest absolute Gasteiger partial charge is 0.228 e. The Hall–Kier alpha value is -1.40. The molecule has 1 unspecified atom stereocenters. The van der Waals surface area contributed by atoms with E-state index in [9.17, 15) is 4.79 Å². The molecule has 0 spiro atoms. The maximum Gasteiger partial charge on any atom is 0.228 e. The molecule has 1 aliphatic rings. The predicted molar refractivity (Wildman–Crippen MR) is 76.2 cm³/mol. The minimum Gasteiger partial charge on any atom is -0.384 e. The van der Waals surface area contributed by atoms with Crippen LogP contribution >= 0.6 is 0 Å². The Morgan fingerprint density at radius 3 is 2.90 bits per heavy atom. The molecule has 1 atom stereocenters. The summed E-state index contributed by atoms with van der Waals surface area (Å²) in [5.74, 6) is 0.0977. The fraction of sp³-hybridized carbons (Fsp3) is 0.714. The molecule has 0 aliphatic carbocycles. The molecule has 0 aromatic carbocycles. The molecule has 20 heavy (non-hydrogen) atoms. The van der Waals surface area contributed by atoms with Crippen molar-refractivity contribution < 1.29 is 9.53 Å². The zero-order valence-electron chi connectivity index (χ0n) is 12.3. The first-order valence-corrected chi connectivity index (χ1v) is 7.14. The predicted octanol–water partition coefficient (Wildman–Crippen LogP) is 0.404. The van der Waals surface area contributed by atoms with Gasteiger partial charge >= 0.3 is 0 Å². The number of rotatable bonds is 6. The standard InChI is InChI=1S/C14H24N4O2/c1-12(10-18-9-3-6-16-18)17-13(19)14(11-20-2)4-7-15-8-5-14/h3,6,9,12,15H,4-5,7-8,10-11H2,1-2H3,(H,17,19). The van der Waals surface area contributed by atoms with Crippen LogP contribution in [0, 0.1) is 5.41 Å². The third-order valence-electron chi connectivity index (χ3n) is 3.86. The fourth-order valence-corrected chi connectivity index (χ4v) is 2.73. The van der Waals surface area contributed by atoms with Gasteiger partial charge in [0.25, 0.3) is 0 Å². The molecule has 1 aromatic rings. The summed E-state index contributed by atoms with van der Waals surface area (Å²) < 4.78 is 7.12. The van der Waals surface area contributed by atoms with Crippen LogP contribution < -0.4 is 10.6 Å². The Bertz CT molecular complexity index is 407. The van der Waals surface area contributed by atoms with Crippen LogP contribution in [0.4, 0.5) is 0 Å². The highest BCUT2D eigenvalue weighted by atomic mass is 16.5. The molecule has 0 saturated carbocycles. The van der Waals surface area contributed by atoms with Crippen molar-refractivity contribution in [2.45, 2.75) is 32.4 Å². The summed E-state index contributed by atoms with van der Waals surface area (Å²) in [6.07, 6.45) is 5.29. The van der Waals surface area contributed by atoms with Crippen molar-refractivity contribution in [1.82, 2.24) is 20.4 Å². The van der Waals surface area contributed by atoms with Gasteiger partial charge in [-0.25, -0.2) is 0 Å². The van der Waals surface area contributed by atoms with Crippen molar-refractivity contribution in [3.05, 3.63) is 18.5 Å². The van der Waals surface area contributed by atoms with Gasteiger partial charge in [-0.3, -0.25) is 9.48 Å². The van der Waals surface area contributed by atoms with E-state index in [4.69, 9.17) is 4.74 Å². The number of nitrogens with zero attached hydrogens (tertiary/aromatic N) is 2. The molecule has 1 aromatic heterocycles. The molecule has 1 aliphatic heterocycles. The van der Waals surface area contributed by atoms with E-state index >= 15 is 0 Å². The van der Waals surface area contributed by atoms with Crippen LogP contribution in [0.15, 0.2) is 18.5 Å². The molecule has 1 fully saturated rings. The summed E-state index contributed by atoms with van der Waals surface area (Å²) in [5, 5.41) is 10.6. The minimum absolute atomic E-state index is 0.0472. The van der Waals surface area contributed by atoms with E-state index in [0.717, 1.165) is 25.9 Å². The first kappa shape index (κ1) is 15.0. The second-order valence-corrected chi connectivity index (χ2v) is 5.57. The topological polar surface area (TPSA) is 68.2 Å². The van der Waals surface area contributed by atoms with Gasteiger partial charge in [-0.1, -0.05) is 0 Å². The third kappa shape index (κ3) is 3.58. The molecule has 0 radical (unpaired) electrons. The highest BCUT2D eigenvalue weighted by Gasteiger charge is 2.39. The number of methoxy groups -OCH3 is 1. The number of aromatic nitrogens is 2. The van der Waals surface area contributed by atoms with Crippen LogP contribution in [-0.2, 0) is 16.1 Å². The molecule has 112 valence electrons. The summed E-state index contributed by atoms with van der Waals surface area (Å²) in [7, 11) is 1.66. The molecule has 2 rings (SSSR count). The van der Waals surface area contributed by atoms with Crippen molar-refractivity contribution in [2.24, 2.45) is 5.41 Å². The van der Waals surface area contributed by atoms with Crippen LogP contribution in [0.2, 0.25) is 0 Å². The lowest BCUT2D eigenvalue weighted by Gasteiger charge is -2.36. The van der Waals surface area contributed by atoms with Crippen LogP contribution in [-0.4, -0.2) is 48.5 Å². The van der Waals surface area contributed by atoms with Gasteiger partial charge in [-0.2, -0.15) is 5.10 Å². The van der Waals surface area contributed by atoms with Crippen LogP contribution in [0.3, 0.4) is 0 Å². The summed E-state index contributed by atoms with van der Waals surface area (Å²) in [6, 6.07) is 1.93. The number of piperidine rings is 1. The summed E-state index contributed by atoms with van der Waals surface area (Å²) in [6.45, 7) is 4.89. The van der Waals surface area contributed by atoms with Crippen molar-refractivity contribution in [1.29, 1.82) is 0 Å². The largest absolute Gasteiger partial charge is 0.384 e. The summed E-state index contributed by atoms with van der Waals surface area (Å²) in [5.41, 5.74) is -0.390. The molecule has 0 bridgehead atoms. The van der Waals surface area contributed by atoms with Gasteiger partial charge in [0.1, 0.15) is 0 Å². The van der Waals surface area contributed by atoms with Crippen LogP contribution in [0.25, 0.3) is 0 Å². The lowest BCUT2D eigenvalue weighted by atomic mass is 9.78. The second kappa shape index (κ2) is 6.85. The number of hydrogen-bond donors (Lipinski definition) is 2. The van der Waals surface area contributed by atoms with E-state index in [-0.39, 0.29) is 11.9 Å². The average molecular weight is 280 g/mol. The number of hydrogen-bond acceptors (Lipinski definition) is 4. The third-order valence-corrected chi connectivity index (χ3v) is 3.86. The Morgan fingerprint density at radius 1 is 1.55 bits per heavy atom. The fourth-order valence-electron chi connectivity index (χ4n) is 2.73. The van der Waals surface area contributed by atoms with Gasteiger partial charge in [0.05, 0.1) is 18.6 Å². The van der Waals surface area contributed by atoms with Crippen molar-refractivity contribution in [3.8, 4) is 0 Å². The Kier molecular flexibility index (Phi) is 5.14. The van der Waals surface area contributed by atoms with Gasteiger partial charge < -0.3 is 15.4 Å². The van der Waals surface area contributed by atoms with Gasteiger partial charge in [0, 0.05) is 25.5 Å². The SMILES string of the molecule is COCC1(C(=O)NC(C)Cn2cccn2)CCNCC1. The highest BCUT2D eigenvalue weighted by molar-refractivity contribution is 5.83. The zero-order chi connectivity index (χ0) is 14.4. The van der Waals surface area contributed by atoms with E-state index in [1.807, 2.05) is 23.9 Å². The van der Waals surface area contributed by atoms with Gasteiger partial charge in [0.2, 0.25) is 5.91 Å². The molecular weight excluding hydrogens is 256 g/mol. The summed E-state index contributed by atoms with van der Waals surface area (Å²) in [4.78, 5) is 12.6. The molecular formula is C14H24N4O2. The van der Waals surface area contributed by atoms with E-state index in [1.54, 1.807) is 13.3 Å². The normalized spacial score (nSPS) is 19.5. The van der Waals surface area contributed by atoms with Gasteiger partial charge in [0.15, 0.2) is 0 Å². The zero-order valence-corrected chi connectivity index (χ0v) is 12.3. The quantitative estimate of drug-likeness (QED) is 0.792. The molecule has 2 N–H and O–H groups in total. The average Bonchev–Trinajstić information content (AvgIpc) is 2.92. The van der Waals surface area contributed by atoms with Gasteiger partial charge in [-0.15, -0.1) is 0 Å². The maximum absolute atomic E-state index is 12.6. The molecule has 1 amide bonds. The van der Waals surface area contributed by atoms with Gasteiger partial charge in [-0.05, 0) is 38.9 Å². The number of carbonyl (C=O) groups is 1. The Balaban J connectivity index is 1.93. The minimum atomic E-state index is -0.390. The Labute approximate surface area is 119 Å². The maximum atomic E-state index is 12.6. The van der Waals surface area contributed by atoms with E-state index in [2.05, 4.69) is 15.7 Å². The van der Waals surface area contributed by atoms with E-state index < -0.39 is 5.41 Å². The van der Waals surface area contributed by atoms with E-state index in [0.29, 0.717) is 13.2 Å². The molecule has 1 saturated heterocycles. The lowest BCUT2D eigenvalue weighted by molar-refractivity contribution is -0.136. The van der Waals surface area contributed by atoms with E-state index in [1.165, 1.54) is 0 Å². The monoisotopic (exact) mass is 280 g/mol. The van der Waals surface area contributed by atoms with Crippen molar-refractivity contribution in [2.75, 3.05) is 26.8 Å². The van der Waals surface area contributed by atoms with Crippen LogP contribution in [0.5, 0.6) is 0 Å². The molecule has 6 heteroatoms. The summed E-state index contributed by atoms with van der Waals surface area (Å²) >= 11 is 0. The number of ether oxygens (including phenoxy) is 1. The van der Waals surface area contributed by atoms with Crippen molar-refractivity contribution >= 4 is 5.91 Å². The number of amides is 1. The number of carbonyl (C=O) groups excluding carboxylic acids is 1. The second-order valence-electron chi connectivity index (χ2n) is 5.57. The molecule has 6 nitrogen and oxygen atoms in total. The van der Waals surface area contributed by atoms with Crippen molar-refractivity contribution in [3.63, 3.8) is 0 Å². The highest BCUT2D eigenvalue weighted by Crippen LogP contribution is 2.29. The molecule has 2 heterocycles.